The van der Waals surface area contributed by atoms with E-state index in [-0.39, 0.29) is 34.9 Å². The van der Waals surface area contributed by atoms with E-state index in [0.717, 1.165) is 51.0 Å². The van der Waals surface area contributed by atoms with Gasteiger partial charge in [-0.05, 0) is 68.4 Å². The van der Waals surface area contributed by atoms with Gasteiger partial charge < -0.3 is 18.9 Å². The van der Waals surface area contributed by atoms with Crippen LogP contribution < -0.4 is 0 Å². The van der Waals surface area contributed by atoms with Crippen LogP contribution in [0.2, 0.25) is 0 Å². The lowest BCUT2D eigenvalue weighted by atomic mass is 9.82. The number of carbonyl (C=O) groups is 2. The molecule has 3 saturated heterocycles. The molecule has 2 atom stereocenters. The van der Waals surface area contributed by atoms with Gasteiger partial charge in [0, 0.05) is 63.4 Å². The van der Waals surface area contributed by atoms with E-state index in [1.807, 2.05) is 24.1 Å². The Balaban J connectivity index is 1.31. The Morgan fingerprint density at radius 1 is 1.09 bits per heavy atom. The smallest absolute Gasteiger partial charge is 0.254 e. The van der Waals surface area contributed by atoms with Crippen molar-refractivity contribution in [1.82, 2.24) is 24.1 Å². The third-order valence-corrected chi connectivity index (χ3v) is 9.82. The van der Waals surface area contributed by atoms with Crippen LogP contribution in [0.15, 0.2) is 30.5 Å². The Kier molecular flexibility index (Phi) is 8.26. The van der Waals surface area contributed by atoms with E-state index in [9.17, 15) is 14.0 Å². The predicted molar refractivity (Wildman–Crippen MR) is 160 cm³/mol. The van der Waals surface area contributed by atoms with Crippen molar-refractivity contribution in [3.8, 4) is 11.1 Å². The molecule has 0 aliphatic carbocycles. The van der Waals surface area contributed by atoms with Gasteiger partial charge in [-0.15, -0.1) is 0 Å². The van der Waals surface area contributed by atoms with E-state index >= 15 is 4.39 Å². The normalized spacial score (nSPS) is 21.3. The number of morpholine rings is 1. The molecule has 0 spiro atoms. The van der Waals surface area contributed by atoms with Crippen LogP contribution in [-0.4, -0.2) is 93.9 Å². The first kappa shape index (κ1) is 29.7. The monoisotopic (exact) mass is 593 g/mol. The molecule has 0 radical (unpaired) electrons. The molecule has 3 aliphatic heterocycles. The van der Waals surface area contributed by atoms with Crippen LogP contribution in [0.3, 0.4) is 0 Å². The Labute approximate surface area is 251 Å². The first-order chi connectivity index (χ1) is 20.7. The summed E-state index contributed by atoms with van der Waals surface area (Å²) in [4.78, 5) is 35.9. The second kappa shape index (κ2) is 12.0. The third-order valence-electron chi connectivity index (χ3n) is 9.82. The van der Waals surface area contributed by atoms with Gasteiger partial charge in [-0.25, -0.2) is 9.37 Å². The summed E-state index contributed by atoms with van der Waals surface area (Å²) in [5, 5.41) is 0. The van der Waals surface area contributed by atoms with Crippen LogP contribution in [0, 0.1) is 24.6 Å². The number of carbonyl (C=O) groups excluding carboxylic acids is 2. The quantitative estimate of drug-likeness (QED) is 0.408. The number of aryl methyl sites for hydroxylation is 1. The molecule has 0 bridgehead atoms. The third kappa shape index (κ3) is 5.55. The number of aromatic nitrogens is 2. The number of hydrogen-bond donors (Lipinski definition) is 0. The zero-order chi connectivity index (χ0) is 30.4. The lowest BCUT2D eigenvalue weighted by Crippen LogP contribution is -2.54. The van der Waals surface area contributed by atoms with Crippen molar-refractivity contribution in [2.75, 3.05) is 45.9 Å². The molecule has 3 aliphatic rings. The van der Waals surface area contributed by atoms with Crippen molar-refractivity contribution in [1.29, 1.82) is 0 Å². The van der Waals surface area contributed by atoms with E-state index < -0.39 is 11.8 Å². The number of benzene rings is 1. The molecule has 2 amide bonds. The average molecular weight is 594 g/mol. The zero-order valence-electron chi connectivity index (χ0n) is 25.5. The van der Waals surface area contributed by atoms with Crippen LogP contribution in [0.25, 0.3) is 16.6 Å². The Morgan fingerprint density at radius 3 is 2.51 bits per heavy atom. The maximum atomic E-state index is 15.4. The van der Waals surface area contributed by atoms with Crippen molar-refractivity contribution < 1.29 is 23.1 Å². The van der Waals surface area contributed by atoms with Crippen LogP contribution in [0.5, 0.6) is 0 Å². The molecule has 10 heteroatoms. The minimum absolute atomic E-state index is 0.151. The summed E-state index contributed by atoms with van der Waals surface area (Å²) in [5.74, 6) is 0.0465. The minimum Gasteiger partial charge on any atom is -0.377 e. The Bertz CT molecular complexity index is 1530. The van der Waals surface area contributed by atoms with Gasteiger partial charge in [-0.1, -0.05) is 13.0 Å². The van der Waals surface area contributed by atoms with Gasteiger partial charge in [0.25, 0.3) is 5.91 Å². The predicted octanol–water partition coefficient (Wildman–Crippen LogP) is 4.89. The van der Waals surface area contributed by atoms with Gasteiger partial charge in [0.15, 0.2) is 0 Å². The maximum Gasteiger partial charge on any atom is 0.254 e. The SMILES string of the molecule is CCC(C1CCN(C(C)=O)CC1)N1CC(c2cc(-c3ccc(F)cc3C(=O)N3CCOC[C@H]3C)c3c(F)nc(C)n3c2)C1. The summed E-state index contributed by atoms with van der Waals surface area (Å²) in [5.41, 5.74) is 2.58. The molecular formula is C33H41F2N5O3. The first-order valence-electron chi connectivity index (χ1n) is 15.5. The number of rotatable bonds is 6. The zero-order valence-corrected chi connectivity index (χ0v) is 25.5. The average Bonchev–Trinajstić information content (AvgIpc) is 3.27. The van der Waals surface area contributed by atoms with Crippen molar-refractivity contribution in [3.63, 3.8) is 0 Å². The number of likely N-dealkylation sites (tertiary alicyclic amines) is 2. The molecule has 3 aromatic rings. The number of piperidine rings is 1. The number of ether oxygens (including phenoxy) is 1. The fraction of sp³-hybridized carbons (Fsp3) is 0.545. The van der Waals surface area contributed by atoms with E-state index in [2.05, 4.69) is 16.8 Å². The molecule has 230 valence electrons. The Hall–Kier alpha value is -3.37. The Morgan fingerprint density at radius 2 is 1.84 bits per heavy atom. The van der Waals surface area contributed by atoms with Gasteiger partial charge >= 0.3 is 0 Å². The van der Waals surface area contributed by atoms with Crippen LogP contribution in [0.4, 0.5) is 8.78 Å². The van der Waals surface area contributed by atoms with Gasteiger partial charge in [0.2, 0.25) is 11.9 Å². The van der Waals surface area contributed by atoms with Crippen molar-refractivity contribution in [3.05, 3.63) is 59.2 Å². The number of amides is 2. The van der Waals surface area contributed by atoms with E-state index in [0.29, 0.717) is 48.7 Å². The lowest BCUT2D eigenvalue weighted by molar-refractivity contribution is -0.130. The molecule has 0 saturated carbocycles. The van der Waals surface area contributed by atoms with E-state index in [4.69, 9.17) is 4.74 Å². The summed E-state index contributed by atoms with van der Waals surface area (Å²) in [6.07, 6.45) is 5.06. The number of fused-ring (bicyclic) bond motifs is 1. The fourth-order valence-electron chi connectivity index (χ4n) is 7.35. The summed E-state index contributed by atoms with van der Waals surface area (Å²) in [7, 11) is 0. The summed E-state index contributed by atoms with van der Waals surface area (Å²) in [6.45, 7) is 12.2. The summed E-state index contributed by atoms with van der Waals surface area (Å²) < 4.78 is 37.2. The van der Waals surface area contributed by atoms with Gasteiger partial charge in [0.05, 0.1) is 24.8 Å². The largest absolute Gasteiger partial charge is 0.377 e. The van der Waals surface area contributed by atoms with Crippen molar-refractivity contribution in [2.45, 2.75) is 65.0 Å². The van der Waals surface area contributed by atoms with Gasteiger partial charge in [-0.2, -0.15) is 4.39 Å². The van der Waals surface area contributed by atoms with E-state index in [1.54, 1.807) is 29.2 Å². The molecule has 1 aromatic carbocycles. The number of hydrogen-bond acceptors (Lipinski definition) is 5. The molecule has 43 heavy (non-hydrogen) atoms. The highest BCUT2D eigenvalue weighted by molar-refractivity contribution is 6.03. The fourth-order valence-corrected chi connectivity index (χ4v) is 7.35. The molecule has 3 fully saturated rings. The van der Waals surface area contributed by atoms with Crippen LogP contribution in [-0.2, 0) is 9.53 Å². The summed E-state index contributed by atoms with van der Waals surface area (Å²) >= 11 is 0. The van der Waals surface area contributed by atoms with Crippen molar-refractivity contribution in [2.24, 2.45) is 5.92 Å². The second-order valence-corrected chi connectivity index (χ2v) is 12.4. The number of imidazole rings is 1. The topological polar surface area (TPSA) is 70.4 Å². The number of nitrogens with zero attached hydrogens (tertiary/aromatic N) is 5. The molecular weight excluding hydrogens is 552 g/mol. The highest BCUT2D eigenvalue weighted by Gasteiger charge is 2.38. The maximum absolute atomic E-state index is 15.4. The molecule has 1 unspecified atom stereocenters. The van der Waals surface area contributed by atoms with Crippen LogP contribution in [0.1, 0.15) is 67.7 Å². The summed E-state index contributed by atoms with van der Waals surface area (Å²) in [6, 6.07) is 6.45. The molecule has 0 N–H and O–H groups in total. The second-order valence-electron chi connectivity index (χ2n) is 12.4. The standard InChI is InChI=1S/C33H41F2N5O3/c1-5-30(23-8-10-37(11-9-23)22(4)41)38-16-25(17-38)24-14-28(31-32(35)36-21(3)40(31)18-24)27-7-6-26(34)15-29(27)33(42)39-12-13-43-19-20(39)2/h6-7,14-15,18,20,23,25,30H,5,8-13,16-17,19H2,1-4H3/t20-,30?/m1/s1. The minimum atomic E-state index is -0.611. The highest BCUT2D eigenvalue weighted by atomic mass is 19.1. The number of pyridine rings is 1. The molecule has 5 heterocycles. The highest BCUT2D eigenvalue weighted by Crippen LogP contribution is 2.39. The molecule has 8 nitrogen and oxygen atoms in total. The van der Waals surface area contributed by atoms with Crippen molar-refractivity contribution >= 4 is 17.3 Å². The lowest BCUT2D eigenvalue weighted by Gasteiger charge is -2.48. The molecule has 6 rings (SSSR count). The van der Waals surface area contributed by atoms with Gasteiger partial charge in [-0.3, -0.25) is 14.5 Å². The van der Waals surface area contributed by atoms with E-state index in [1.165, 1.54) is 12.1 Å². The van der Waals surface area contributed by atoms with Gasteiger partial charge in [0.1, 0.15) is 17.2 Å². The first-order valence-corrected chi connectivity index (χ1v) is 15.5. The van der Waals surface area contributed by atoms with Crippen LogP contribution >= 0.6 is 0 Å². The number of halogens is 2. The molecule has 2 aromatic heterocycles.